The van der Waals surface area contributed by atoms with Crippen molar-refractivity contribution in [1.29, 1.82) is 0 Å². The maximum Gasteiger partial charge on any atom is 0.0358 e. The summed E-state index contributed by atoms with van der Waals surface area (Å²) >= 11 is 1.90. The van der Waals surface area contributed by atoms with Crippen LogP contribution < -0.4 is 0 Å². The molecule has 2 unspecified atom stereocenters. The van der Waals surface area contributed by atoms with Crippen LogP contribution >= 0.6 is 11.3 Å². The zero-order valence-corrected chi connectivity index (χ0v) is 23.3. The average Bonchev–Trinajstić information content (AvgIpc) is 3.41. The number of benzene rings is 6. The third-order valence-electron chi connectivity index (χ3n) is 8.15. The Hall–Kier alpha value is -4.46. The Balaban J connectivity index is 1.40. The second-order valence-corrected chi connectivity index (χ2v) is 11.6. The van der Waals surface area contributed by atoms with E-state index < -0.39 is 0 Å². The van der Waals surface area contributed by atoms with Gasteiger partial charge in [-0.15, -0.1) is 11.3 Å². The van der Waals surface area contributed by atoms with Crippen LogP contribution in [0.25, 0.3) is 31.3 Å². The Morgan fingerprint density at radius 3 is 1.73 bits per heavy atom. The molecule has 0 N–H and O–H groups in total. The minimum Gasteiger partial charge on any atom is -0.135 e. The van der Waals surface area contributed by atoms with Gasteiger partial charge in [-0.2, -0.15) is 0 Å². The molecule has 0 aliphatic heterocycles. The second-order valence-electron chi connectivity index (χ2n) is 10.5. The van der Waals surface area contributed by atoms with Gasteiger partial charge in [-0.05, 0) is 57.1 Å². The number of thiophene rings is 1. The maximum absolute atomic E-state index is 2.44. The van der Waals surface area contributed by atoms with Crippen LogP contribution in [0.3, 0.4) is 0 Å². The van der Waals surface area contributed by atoms with E-state index in [2.05, 4.69) is 159 Å². The predicted molar refractivity (Wildman–Crippen MR) is 173 cm³/mol. The summed E-state index contributed by atoms with van der Waals surface area (Å²) in [7, 11) is 0. The molecule has 6 aromatic carbocycles. The molecule has 7 aromatic rings. The van der Waals surface area contributed by atoms with Crippen molar-refractivity contribution in [2.75, 3.05) is 0 Å². The quantitative estimate of drug-likeness (QED) is 0.188. The van der Waals surface area contributed by atoms with Crippen LogP contribution in [-0.4, -0.2) is 0 Å². The van der Waals surface area contributed by atoms with Crippen LogP contribution in [0, 0.1) is 0 Å². The highest BCUT2D eigenvalue weighted by molar-refractivity contribution is 7.25. The van der Waals surface area contributed by atoms with Gasteiger partial charge in [0.1, 0.15) is 0 Å². The van der Waals surface area contributed by atoms with Crippen molar-refractivity contribution in [3.8, 4) is 11.1 Å². The van der Waals surface area contributed by atoms with E-state index in [4.69, 9.17) is 0 Å². The first-order valence-corrected chi connectivity index (χ1v) is 14.8. The lowest BCUT2D eigenvalue weighted by atomic mass is 9.82. The van der Waals surface area contributed by atoms with E-state index >= 15 is 0 Å². The molecule has 0 fully saturated rings. The fraction of sp³-hybridized carbons (Fsp3) is 0.0769. The second kappa shape index (κ2) is 10.6. The first-order valence-electron chi connectivity index (χ1n) is 14.0. The molecule has 40 heavy (non-hydrogen) atoms. The summed E-state index contributed by atoms with van der Waals surface area (Å²) < 4.78 is 2.69. The Bertz CT molecular complexity index is 1880. The fourth-order valence-corrected chi connectivity index (χ4v) is 7.13. The van der Waals surface area contributed by atoms with Gasteiger partial charge in [0.05, 0.1) is 0 Å². The summed E-state index contributed by atoms with van der Waals surface area (Å²) in [5, 5.41) is 2.74. The summed E-state index contributed by atoms with van der Waals surface area (Å²) in [6.07, 6.45) is 0. The normalized spacial score (nSPS) is 12.9. The Morgan fingerprint density at radius 1 is 0.450 bits per heavy atom. The Morgan fingerprint density at radius 2 is 1.02 bits per heavy atom. The number of hydrogen-bond acceptors (Lipinski definition) is 1. The Kier molecular flexibility index (Phi) is 6.51. The first kappa shape index (κ1) is 24.6. The molecule has 0 amide bonds. The van der Waals surface area contributed by atoms with Crippen molar-refractivity contribution in [1.82, 2.24) is 0 Å². The van der Waals surface area contributed by atoms with Gasteiger partial charge in [0, 0.05) is 32.0 Å². The molecular weight excluding hydrogens is 500 g/mol. The van der Waals surface area contributed by atoms with E-state index in [1.54, 1.807) is 0 Å². The van der Waals surface area contributed by atoms with E-state index in [0.29, 0.717) is 5.92 Å². The highest BCUT2D eigenvalue weighted by Gasteiger charge is 2.22. The standard InChI is InChI=1S/C39H30S/c1-27(28-12-5-2-6-13-28)33-24-25-36-35(26-33)39-34(18-11-19-37(39)40-36)38(31-16-9-4-10-17-31)32-22-20-30(21-23-32)29-14-7-3-8-15-29/h2-27,38H,1H3. The lowest BCUT2D eigenvalue weighted by Gasteiger charge is -2.21. The molecule has 1 aromatic heterocycles. The van der Waals surface area contributed by atoms with Gasteiger partial charge in [0.15, 0.2) is 0 Å². The van der Waals surface area contributed by atoms with Gasteiger partial charge >= 0.3 is 0 Å². The smallest absolute Gasteiger partial charge is 0.0358 e. The van der Waals surface area contributed by atoms with Gasteiger partial charge in [-0.3, -0.25) is 0 Å². The molecule has 0 bridgehead atoms. The van der Waals surface area contributed by atoms with Crippen LogP contribution in [0.1, 0.15) is 46.6 Å². The maximum atomic E-state index is 2.44. The van der Waals surface area contributed by atoms with Crippen LogP contribution in [0.4, 0.5) is 0 Å². The molecule has 0 saturated heterocycles. The monoisotopic (exact) mass is 530 g/mol. The van der Waals surface area contributed by atoms with Crippen molar-refractivity contribution in [3.05, 3.63) is 179 Å². The number of hydrogen-bond donors (Lipinski definition) is 0. The van der Waals surface area contributed by atoms with Crippen molar-refractivity contribution >= 4 is 31.5 Å². The summed E-state index contributed by atoms with van der Waals surface area (Å²) in [4.78, 5) is 0. The van der Waals surface area contributed by atoms with Crippen LogP contribution in [0.15, 0.2) is 152 Å². The minimum absolute atomic E-state index is 0.141. The molecule has 1 heteroatoms. The van der Waals surface area contributed by atoms with Gasteiger partial charge in [0.2, 0.25) is 0 Å². The fourth-order valence-electron chi connectivity index (χ4n) is 6.01. The van der Waals surface area contributed by atoms with Gasteiger partial charge in [0.25, 0.3) is 0 Å². The molecule has 0 saturated carbocycles. The summed E-state index contributed by atoms with van der Waals surface area (Å²) in [6.45, 7) is 2.31. The van der Waals surface area contributed by atoms with E-state index in [-0.39, 0.29) is 5.92 Å². The van der Waals surface area contributed by atoms with E-state index in [1.165, 1.54) is 59.1 Å². The third-order valence-corrected chi connectivity index (χ3v) is 9.28. The molecule has 0 aliphatic carbocycles. The van der Waals surface area contributed by atoms with Gasteiger partial charge in [-0.25, -0.2) is 0 Å². The predicted octanol–water partition coefficient (Wildman–Crippen LogP) is 11.1. The van der Waals surface area contributed by atoms with E-state index in [1.807, 2.05) is 11.3 Å². The van der Waals surface area contributed by atoms with E-state index in [0.717, 1.165) is 0 Å². The van der Waals surface area contributed by atoms with Crippen molar-refractivity contribution in [2.45, 2.75) is 18.8 Å². The van der Waals surface area contributed by atoms with Crippen molar-refractivity contribution in [3.63, 3.8) is 0 Å². The van der Waals surface area contributed by atoms with E-state index in [9.17, 15) is 0 Å². The highest BCUT2D eigenvalue weighted by Crippen LogP contribution is 2.43. The van der Waals surface area contributed by atoms with Crippen LogP contribution in [0.5, 0.6) is 0 Å². The molecule has 0 aliphatic rings. The largest absolute Gasteiger partial charge is 0.135 e. The lowest BCUT2D eigenvalue weighted by Crippen LogP contribution is -2.04. The SMILES string of the molecule is CC(c1ccccc1)c1ccc2sc3cccc(C(c4ccccc4)c4ccc(-c5ccccc5)cc4)c3c2c1. The summed E-state index contributed by atoms with van der Waals surface area (Å²) in [5.74, 6) is 0.478. The molecule has 0 radical (unpaired) electrons. The highest BCUT2D eigenvalue weighted by atomic mass is 32.1. The third kappa shape index (κ3) is 4.53. The zero-order valence-electron chi connectivity index (χ0n) is 22.5. The van der Waals surface area contributed by atoms with Crippen molar-refractivity contribution in [2.24, 2.45) is 0 Å². The molecule has 0 spiro atoms. The molecule has 0 nitrogen and oxygen atoms in total. The average molecular weight is 531 g/mol. The van der Waals surface area contributed by atoms with Crippen LogP contribution in [-0.2, 0) is 0 Å². The molecule has 1 heterocycles. The van der Waals surface area contributed by atoms with Gasteiger partial charge < -0.3 is 0 Å². The topological polar surface area (TPSA) is 0 Å². The molecule has 192 valence electrons. The van der Waals surface area contributed by atoms with Gasteiger partial charge in [-0.1, -0.05) is 140 Å². The number of fused-ring (bicyclic) bond motifs is 3. The molecular formula is C39H30S. The Labute approximate surface area is 240 Å². The number of rotatable bonds is 6. The molecule has 2 atom stereocenters. The summed E-state index contributed by atoms with van der Waals surface area (Å²) in [6, 6.07) is 55.5. The summed E-state index contributed by atoms with van der Waals surface area (Å²) in [5.41, 5.74) is 9.19. The minimum atomic E-state index is 0.141. The van der Waals surface area contributed by atoms with Crippen LogP contribution in [0.2, 0.25) is 0 Å². The molecule has 7 rings (SSSR count). The lowest BCUT2D eigenvalue weighted by molar-refractivity contribution is 0.925. The first-order chi connectivity index (χ1) is 19.8. The van der Waals surface area contributed by atoms with Crippen molar-refractivity contribution < 1.29 is 0 Å². The zero-order chi connectivity index (χ0) is 26.9.